The third-order valence-electron chi connectivity index (χ3n) is 3.42. The van der Waals surface area contributed by atoms with Crippen molar-refractivity contribution in [2.75, 3.05) is 19.7 Å². The Bertz CT molecular complexity index is 410. The van der Waals surface area contributed by atoms with Crippen LogP contribution in [-0.4, -0.2) is 35.8 Å². The summed E-state index contributed by atoms with van der Waals surface area (Å²) in [6.45, 7) is 4.79. The second-order valence-electron chi connectivity index (χ2n) is 4.87. The molecule has 106 valence electrons. The molecule has 0 amide bonds. The highest BCUT2D eigenvalue weighted by Gasteiger charge is 2.19. The molecule has 2 rings (SSSR count). The van der Waals surface area contributed by atoms with Gasteiger partial charge in [0, 0.05) is 19.7 Å². The molecular weight excluding hydrogens is 252 g/mol. The molecule has 3 nitrogen and oxygen atoms in total. The van der Waals surface area contributed by atoms with Crippen molar-refractivity contribution in [2.45, 2.75) is 32.4 Å². The summed E-state index contributed by atoms with van der Waals surface area (Å²) in [5, 5.41) is 9.07. The normalized spacial score (nSPS) is 19.3. The number of likely N-dealkylation sites (N-methyl/N-ethyl adjacent to an activating group) is 1. The highest BCUT2D eigenvalue weighted by Crippen LogP contribution is 2.22. The van der Waals surface area contributed by atoms with Gasteiger partial charge in [-0.1, -0.05) is 6.92 Å². The number of rotatable bonds is 5. The lowest BCUT2D eigenvalue weighted by Crippen LogP contribution is -2.31. The van der Waals surface area contributed by atoms with Gasteiger partial charge >= 0.3 is 0 Å². The number of ether oxygens (including phenoxy) is 1. The quantitative estimate of drug-likeness (QED) is 0.893. The van der Waals surface area contributed by atoms with Crippen LogP contribution in [0.5, 0.6) is 5.75 Å². The SMILES string of the molecule is CCN(Cc1cc(F)c(O)c(F)c1)CC1CCCO1. The first-order chi connectivity index (χ1) is 9.10. The van der Waals surface area contributed by atoms with Crippen LogP contribution in [0, 0.1) is 11.6 Å². The van der Waals surface area contributed by atoms with Crippen LogP contribution in [0.25, 0.3) is 0 Å². The van der Waals surface area contributed by atoms with Crippen LogP contribution in [0.2, 0.25) is 0 Å². The van der Waals surface area contributed by atoms with Crippen molar-refractivity contribution in [3.8, 4) is 5.75 Å². The number of phenols is 1. The van der Waals surface area contributed by atoms with E-state index in [4.69, 9.17) is 9.84 Å². The van der Waals surface area contributed by atoms with Crippen molar-refractivity contribution < 1.29 is 18.6 Å². The summed E-state index contributed by atoms with van der Waals surface area (Å²) in [6.07, 6.45) is 2.33. The molecule has 1 heterocycles. The molecule has 1 unspecified atom stereocenters. The Labute approximate surface area is 111 Å². The topological polar surface area (TPSA) is 32.7 Å². The van der Waals surface area contributed by atoms with E-state index >= 15 is 0 Å². The van der Waals surface area contributed by atoms with Gasteiger partial charge in [0.25, 0.3) is 0 Å². The van der Waals surface area contributed by atoms with Crippen molar-refractivity contribution in [1.82, 2.24) is 4.90 Å². The van der Waals surface area contributed by atoms with Crippen molar-refractivity contribution >= 4 is 0 Å². The summed E-state index contributed by atoms with van der Waals surface area (Å²) < 4.78 is 32.1. The highest BCUT2D eigenvalue weighted by molar-refractivity contribution is 5.30. The molecule has 19 heavy (non-hydrogen) atoms. The minimum atomic E-state index is -0.914. The number of phenolic OH excluding ortho intramolecular Hbond substituents is 1. The van der Waals surface area contributed by atoms with Gasteiger partial charge in [-0.25, -0.2) is 8.78 Å². The zero-order valence-electron chi connectivity index (χ0n) is 11.0. The second-order valence-corrected chi connectivity index (χ2v) is 4.87. The first kappa shape index (κ1) is 14.2. The molecule has 1 N–H and O–H groups in total. The molecule has 0 bridgehead atoms. The van der Waals surface area contributed by atoms with Gasteiger partial charge in [-0.15, -0.1) is 0 Å². The molecule has 1 atom stereocenters. The molecule has 0 aliphatic carbocycles. The van der Waals surface area contributed by atoms with Gasteiger partial charge in [-0.05, 0) is 37.1 Å². The Kier molecular flexibility index (Phi) is 4.71. The van der Waals surface area contributed by atoms with E-state index in [1.54, 1.807) is 0 Å². The molecule has 1 aliphatic heterocycles. The monoisotopic (exact) mass is 271 g/mol. The zero-order valence-corrected chi connectivity index (χ0v) is 11.0. The molecule has 0 radical (unpaired) electrons. The molecule has 1 aromatic carbocycles. The van der Waals surface area contributed by atoms with Gasteiger partial charge in [-0.2, -0.15) is 0 Å². The fraction of sp³-hybridized carbons (Fsp3) is 0.571. The number of halogens is 2. The Morgan fingerprint density at radius 1 is 1.37 bits per heavy atom. The summed E-state index contributed by atoms with van der Waals surface area (Å²) in [7, 11) is 0. The maximum Gasteiger partial charge on any atom is 0.187 e. The average molecular weight is 271 g/mol. The summed E-state index contributed by atoms with van der Waals surface area (Å²) >= 11 is 0. The molecular formula is C14H19F2NO2. The Balaban J connectivity index is 2.01. The lowest BCUT2D eigenvalue weighted by molar-refractivity contribution is 0.0724. The molecule has 0 aromatic heterocycles. The zero-order chi connectivity index (χ0) is 13.8. The lowest BCUT2D eigenvalue weighted by Gasteiger charge is -2.23. The van der Waals surface area contributed by atoms with E-state index in [1.165, 1.54) is 12.1 Å². The van der Waals surface area contributed by atoms with E-state index in [0.29, 0.717) is 12.1 Å². The molecule has 1 aromatic rings. The van der Waals surface area contributed by atoms with E-state index in [1.807, 2.05) is 6.92 Å². The number of benzene rings is 1. The van der Waals surface area contributed by atoms with Gasteiger partial charge in [0.2, 0.25) is 0 Å². The van der Waals surface area contributed by atoms with Gasteiger partial charge < -0.3 is 9.84 Å². The predicted octanol–water partition coefficient (Wildman–Crippen LogP) is 2.67. The first-order valence-corrected chi connectivity index (χ1v) is 6.61. The van der Waals surface area contributed by atoms with Gasteiger partial charge in [0.15, 0.2) is 17.4 Å². The van der Waals surface area contributed by atoms with Crippen LogP contribution in [0.15, 0.2) is 12.1 Å². The van der Waals surface area contributed by atoms with Crippen molar-refractivity contribution in [1.29, 1.82) is 0 Å². The van der Waals surface area contributed by atoms with E-state index < -0.39 is 17.4 Å². The van der Waals surface area contributed by atoms with Gasteiger partial charge in [0.05, 0.1) is 6.10 Å². The first-order valence-electron chi connectivity index (χ1n) is 6.61. The molecule has 0 saturated carbocycles. The van der Waals surface area contributed by atoms with E-state index in [0.717, 1.165) is 32.5 Å². The second kappa shape index (κ2) is 6.30. The minimum Gasteiger partial charge on any atom is -0.503 e. The smallest absolute Gasteiger partial charge is 0.187 e. The molecule has 1 fully saturated rings. The highest BCUT2D eigenvalue weighted by atomic mass is 19.1. The summed E-state index contributed by atoms with van der Waals surface area (Å²) in [5.74, 6) is -2.74. The fourth-order valence-electron chi connectivity index (χ4n) is 2.35. The Hall–Kier alpha value is -1.20. The van der Waals surface area contributed by atoms with Crippen LogP contribution in [0.4, 0.5) is 8.78 Å². The summed E-state index contributed by atoms with van der Waals surface area (Å²) in [6, 6.07) is 2.35. The van der Waals surface area contributed by atoms with Crippen LogP contribution in [0.3, 0.4) is 0 Å². The van der Waals surface area contributed by atoms with Crippen LogP contribution in [0.1, 0.15) is 25.3 Å². The van der Waals surface area contributed by atoms with Crippen LogP contribution in [-0.2, 0) is 11.3 Å². The van der Waals surface area contributed by atoms with Crippen molar-refractivity contribution in [3.05, 3.63) is 29.3 Å². The van der Waals surface area contributed by atoms with E-state index in [9.17, 15) is 8.78 Å². The lowest BCUT2D eigenvalue weighted by atomic mass is 10.1. The summed E-state index contributed by atoms with van der Waals surface area (Å²) in [5.41, 5.74) is 0.521. The third kappa shape index (κ3) is 3.64. The maximum atomic E-state index is 13.3. The standard InChI is InChI=1S/C14H19F2NO2/c1-2-17(9-11-4-3-5-19-11)8-10-6-12(15)14(18)13(16)7-10/h6-7,11,18H,2-5,8-9H2,1H3. The number of aromatic hydroxyl groups is 1. The summed E-state index contributed by atoms with van der Waals surface area (Å²) in [4.78, 5) is 2.08. The molecule has 1 saturated heterocycles. The molecule has 1 aliphatic rings. The van der Waals surface area contributed by atoms with Gasteiger partial charge in [0.1, 0.15) is 0 Å². The maximum absolute atomic E-state index is 13.3. The van der Waals surface area contributed by atoms with E-state index in [-0.39, 0.29) is 6.10 Å². The number of nitrogens with zero attached hydrogens (tertiary/aromatic N) is 1. The third-order valence-corrected chi connectivity index (χ3v) is 3.42. The largest absolute Gasteiger partial charge is 0.503 e. The van der Waals surface area contributed by atoms with Crippen LogP contribution >= 0.6 is 0 Å². The molecule has 5 heteroatoms. The number of hydrogen-bond donors (Lipinski definition) is 1. The Morgan fingerprint density at radius 3 is 2.58 bits per heavy atom. The Morgan fingerprint density at radius 2 is 2.05 bits per heavy atom. The number of hydrogen-bond acceptors (Lipinski definition) is 3. The van der Waals surface area contributed by atoms with E-state index in [2.05, 4.69) is 4.90 Å². The van der Waals surface area contributed by atoms with Crippen molar-refractivity contribution in [3.63, 3.8) is 0 Å². The van der Waals surface area contributed by atoms with Crippen molar-refractivity contribution in [2.24, 2.45) is 0 Å². The predicted molar refractivity (Wildman–Crippen MR) is 67.9 cm³/mol. The van der Waals surface area contributed by atoms with Crippen LogP contribution < -0.4 is 0 Å². The molecule has 0 spiro atoms. The minimum absolute atomic E-state index is 0.215. The average Bonchev–Trinajstić information content (AvgIpc) is 2.88. The fourth-order valence-corrected chi connectivity index (χ4v) is 2.35. The van der Waals surface area contributed by atoms with Gasteiger partial charge in [-0.3, -0.25) is 4.90 Å².